The Labute approximate surface area is 278 Å². The third-order valence-corrected chi connectivity index (χ3v) is 8.19. The lowest BCUT2D eigenvalue weighted by Gasteiger charge is -2.32. The van der Waals surface area contributed by atoms with E-state index >= 15 is 0 Å². The predicted molar refractivity (Wildman–Crippen MR) is 189 cm³/mol. The van der Waals surface area contributed by atoms with Crippen molar-refractivity contribution in [3.8, 4) is 0 Å². The van der Waals surface area contributed by atoms with Crippen molar-refractivity contribution < 1.29 is 18.9 Å². The molecule has 1 aliphatic carbocycles. The summed E-state index contributed by atoms with van der Waals surface area (Å²) in [5, 5.41) is 3.32. The fourth-order valence-electron chi connectivity index (χ4n) is 5.97. The average Bonchev–Trinajstić information content (AvgIpc) is 3.84. The van der Waals surface area contributed by atoms with Gasteiger partial charge < -0.3 is 34.1 Å². The number of nitrogens with zero attached hydrogens (tertiary/aromatic N) is 2. The van der Waals surface area contributed by atoms with Crippen LogP contribution in [0, 0.1) is 0 Å². The van der Waals surface area contributed by atoms with E-state index in [1.165, 1.54) is 76.6 Å². The van der Waals surface area contributed by atoms with E-state index in [2.05, 4.69) is 75.8 Å². The smallest absolute Gasteiger partial charge is 0.0720 e. The zero-order valence-corrected chi connectivity index (χ0v) is 30.6. The van der Waals surface area contributed by atoms with Crippen LogP contribution in [0.1, 0.15) is 112 Å². The quantitative estimate of drug-likeness (QED) is 0.290. The molecular weight excluding hydrogens is 562 g/mol. The van der Waals surface area contributed by atoms with Crippen molar-refractivity contribution in [2.45, 2.75) is 162 Å². The first-order chi connectivity index (χ1) is 21.5. The fraction of sp³-hybridized carbons (Fsp3) is 0.842. The number of hydrogen-bond donors (Lipinski definition) is 1. The fourth-order valence-corrected chi connectivity index (χ4v) is 5.97. The van der Waals surface area contributed by atoms with Gasteiger partial charge in [0.05, 0.1) is 49.3 Å². The molecule has 2 atom stereocenters. The van der Waals surface area contributed by atoms with E-state index in [4.69, 9.17) is 18.9 Å². The van der Waals surface area contributed by atoms with Crippen LogP contribution in [-0.2, 0) is 25.6 Å². The SMILES string of the molecule is CC(C)OC1CCCN(C)C1.CC(C)OC1CCCNC1.CC(C)OC1CCN(C2CC2)CC1.CC(C)OCc1ccccc1. The molecule has 1 saturated carbocycles. The van der Waals surface area contributed by atoms with E-state index < -0.39 is 0 Å². The summed E-state index contributed by atoms with van der Waals surface area (Å²) in [5.41, 5.74) is 1.24. The van der Waals surface area contributed by atoms with Gasteiger partial charge in [-0.05, 0) is 132 Å². The highest BCUT2D eigenvalue weighted by atomic mass is 16.5. The molecule has 7 heteroatoms. The molecule has 0 aromatic heterocycles. The third kappa shape index (κ3) is 20.7. The number of likely N-dealkylation sites (N-methyl/N-ethyl adjacent to an activating group) is 1. The first-order valence-electron chi connectivity index (χ1n) is 18.3. The summed E-state index contributed by atoms with van der Waals surface area (Å²) >= 11 is 0. The van der Waals surface area contributed by atoms with Gasteiger partial charge in [-0.1, -0.05) is 30.3 Å². The standard InChI is InChI=1S/C11H21NO.C10H14O.C9H19NO.C8H17NO/c1-9(2)13-11-5-7-12(8-6-11)10-3-4-10;1-9(2)11-8-10-6-4-3-5-7-10;1-8(2)11-9-5-4-6-10(3)7-9;1-7(2)10-8-4-3-5-9-6-8/h9-11H,3-8H2,1-2H3;3-7,9H,8H2,1-2H3;8-9H,4-7H2,1-3H3;7-9H,3-6H2,1-2H3. The van der Waals surface area contributed by atoms with Crippen LogP contribution in [0.2, 0.25) is 0 Å². The van der Waals surface area contributed by atoms with Crippen LogP contribution in [0.3, 0.4) is 0 Å². The Morgan fingerprint density at radius 1 is 0.667 bits per heavy atom. The van der Waals surface area contributed by atoms with Crippen LogP contribution in [-0.4, -0.2) is 105 Å². The van der Waals surface area contributed by atoms with Gasteiger partial charge in [-0.15, -0.1) is 0 Å². The summed E-state index contributed by atoms with van der Waals surface area (Å²) in [5.74, 6) is 0. The molecule has 3 aliphatic heterocycles. The maximum atomic E-state index is 5.81. The molecule has 5 rings (SSSR count). The maximum Gasteiger partial charge on any atom is 0.0720 e. The second-order valence-electron chi connectivity index (χ2n) is 14.4. The van der Waals surface area contributed by atoms with Crippen LogP contribution >= 0.6 is 0 Å². The van der Waals surface area contributed by atoms with Crippen LogP contribution in [0.5, 0.6) is 0 Å². The number of rotatable bonds is 10. The van der Waals surface area contributed by atoms with Gasteiger partial charge in [0.1, 0.15) is 0 Å². The van der Waals surface area contributed by atoms with Crippen LogP contribution < -0.4 is 5.32 Å². The molecule has 1 aromatic carbocycles. The Kier molecular flexibility index (Phi) is 20.8. The van der Waals surface area contributed by atoms with Crippen LogP contribution in [0.25, 0.3) is 0 Å². The van der Waals surface area contributed by atoms with Gasteiger partial charge in [0, 0.05) is 32.2 Å². The van der Waals surface area contributed by atoms with Crippen LogP contribution in [0.4, 0.5) is 0 Å². The lowest BCUT2D eigenvalue weighted by Crippen LogP contribution is -2.39. The molecule has 0 radical (unpaired) electrons. The summed E-state index contributed by atoms with van der Waals surface area (Å²) in [6.45, 7) is 24.5. The van der Waals surface area contributed by atoms with Gasteiger partial charge in [0.2, 0.25) is 0 Å². The molecule has 4 fully saturated rings. The van der Waals surface area contributed by atoms with E-state index in [1.54, 1.807) is 0 Å². The topological polar surface area (TPSA) is 55.4 Å². The molecule has 2 unspecified atom stereocenters. The van der Waals surface area contributed by atoms with Crippen molar-refractivity contribution in [3.63, 3.8) is 0 Å². The number of nitrogens with one attached hydrogen (secondary N) is 1. The highest BCUT2D eigenvalue weighted by Gasteiger charge is 2.32. The zero-order valence-electron chi connectivity index (χ0n) is 30.6. The molecular formula is C38H71N3O4. The van der Waals surface area contributed by atoms with E-state index in [0.29, 0.717) is 42.7 Å². The molecule has 3 saturated heterocycles. The Morgan fingerprint density at radius 2 is 1.24 bits per heavy atom. The van der Waals surface area contributed by atoms with Gasteiger partial charge >= 0.3 is 0 Å². The normalized spacial score (nSPS) is 23.2. The molecule has 4 aliphatic rings. The molecule has 1 aromatic rings. The molecule has 45 heavy (non-hydrogen) atoms. The summed E-state index contributed by atoms with van der Waals surface area (Å²) in [4.78, 5) is 4.98. The van der Waals surface area contributed by atoms with Gasteiger partial charge in [0.25, 0.3) is 0 Å². The predicted octanol–water partition coefficient (Wildman–Crippen LogP) is 7.32. The van der Waals surface area contributed by atoms with Gasteiger partial charge in [0.15, 0.2) is 0 Å². The number of benzene rings is 1. The first kappa shape index (κ1) is 40.1. The lowest BCUT2D eigenvalue weighted by molar-refractivity contribution is -0.0281. The Balaban J connectivity index is 0.000000210. The second kappa shape index (κ2) is 23.3. The number of hydrogen-bond acceptors (Lipinski definition) is 7. The highest BCUT2D eigenvalue weighted by molar-refractivity contribution is 5.13. The van der Waals surface area contributed by atoms with E-state index in [1.807, 2.05) is 32.0 Å². The van der Waals surface area contributed by atoms with Gasteiger partial charge in [-0.2, -0.15) is 0 Å². The second-order valence-corrected chi connectivity index (χ2v) is 14.4. The monoisotopic (exact) mass is 634 g/mol. The molecule has 0 spiro atoms. The molecule has 7 nitrogen and oxygen atoms in total. The molecule has 0 bridgehead atoms. The summed E-state index contributed by atoms with van der Waals surface area (Å²) in [7, 11) is 2.16. The van der Waals surface area contributed by atoms with Gasteiger partial charge in [-0.3, -0.25) is 0 Å². The summed E-state index contributed by atoms with van der Waals surface area (Å²) < 4.78 is 22.6. The minimum atomic E-state index is 0.315. The zero-order chi connectivity index (χ0) is 33.0. The minimum absolute atomic E-state index is 0.315. The molecule has 0 amide bonds. The molecule has 3 heterocycles. The van der Waals surface area contributed by atoms with Crippen molar-refractivity contribution in [1.82, 2.24) is 15.1 Å². The summed E-state index contributed by atoms with van der Waals surface area (Å²) in [6.07, 6.45) is 13.3. The van der Waals surface area contributed by atoms with Crippen molar-refractivity contribution in [3.05, 3.63) is 35.9 Å². The highest BCUT2D eigenvalue weighted by Crippen LogP contribution is 2.30. The Bertz CT molecular complexity index is 818. The minimum Gasteiger partial charge on any atom is -0.375 e. The average molecular weight is 634 g/mol. The summed E-state index contributed by atoms with van der Waals surface area (Å²) in [6, 6.07) is 11.2. The van der Waals surface area contributed by atoms with Crippen molar-refractivity contribution in [1.29, 1.82) is 0 Å². The molecule has 262 valence electrons. The first-order valence-corrected chi connectivity index (χ1v) is 18.3. The third-order valence-electron chi connectivity index (χ3n) is 8.19. The Hall–Kier alpha value is -1.06. The maximum absolute atomic E-state index is 5.81. The van der Waals surface area contributed by atoms with E-state index in [0.717, 1.165) is 32.3 Å². The number of likely N-dealkylation sites (tertiary alicyclic amines) is 2. The number of piperidine rings is 3. The Morgan fingerprint density at radius 3 is 1.76 bits per heavy atom. The molecule has 1 N–H and O–H groups in total. The van der Waals surface area contributed by atoms with Crippen molar-refractivity contribution in [2.24, 2.45) is 0 Å². The van der Waals surface area contributed by atoms with Gasteiger partial charge in [-0.25, -0.2) is 0 Å². The van der Waals surface area contributed by atoms with E-state index in [9.17, 15) is 0 Å². The van der Waals surface area contributed by atoms with Crippen molar-refractivity contribution >= 4 is 0 Å². The van der Waals surface area contributed by atoms with Crippen molar-refractivity contribution in [2.75, 3.05) is 46.3 Å². The lowest BCUT2D eigenvalue weighted by atomic mass is 10.1. The number of ether oxygens (including phenoxy) is 4. The van der Waals surface area contributed by atoms with Crippen LogP contribution in [0.15, 0.2) is 30.3 Å². The largest absolute Gasteiger partial charge is 0.375 e. The van der Waals surface area contributed by atoms with E-state index in [-0.39, 0.29) is 0 Å².